The van der Waals surface area contributed by atoms with Crippen molar-refractivity contribution in [2.45, 2.75) is 25.2 Å². The quantitative estimate of drug-likeness (QED) is 0.630. The number of hydrogen-bond donors (Lipinski definition) is 1. The predicted octanol–water partition coefficient (Wildman–Crippen LogP) is 2.57. The second kappa shape index (κ2) is 9.72. The van der Waals surface area contributed by atoms with Crippen molar-refractivity contribution in [3.8, 4) is 11.8 Å². The zero-order valence-corrected chi connectivity index (χ0v) is 20.6. The van der Waals surface area contributed by atoms with Gasteiger partial charge in [0.2, 0.25) is 12.3 Å². The zero-order valence-electron chi connectivity index (χ0n) is 20.6. The van der Waals surface area contributed by atoms with Gasteiger partial charge in [0.1, 0.15) is 11.2 Å². The molecule has 38 heavy (non-hydrogen) atoms. The van der Waals surface area contributed by atoms with Crippen molar-refractivity contribution >= 4 is 29.7 Å². The molecular formula is C27H23F2N5O4. The fraction of sp³-hybridized carbons (Fsp3) is 0.259. The number of carbonyl (C=O) groups is 3. The van der Waals surface area contributed by atoms with Crippen LogP contribution in [0.15, 0.2) is 59.4 Å². The highest BCUT2D eigenvalue weighted by Gasteiger charge is 2.56. The van der Waals surface area contributed by atoms with Gasteiger partial charge in [0.15, 0.2) is 11.6 Å². The number of rotatable bonds is 3. The minimum Gasteiger partial charge on any atom is -0.346 e. The van der Waals surface area contributed by atoms with Gasteiger partial charge in [0, 0.05) is 37.5 Å². The fourth-order valence-corrected chi connectivity index (χ4v) is 4.67. The molecule has 1 unspecified atom stereocenters. The highest BCUT2D eigenvalue weighted by atomic mass is 19.1. The summed E-state index contributed by atoms with van der Waals surface area (Å²) in [7, 11) is 1.47. The molecule has 0 aliphatic carbocycles. The molecule has 2 atom stereocenters. The molecule has 2 aromatic rings. The Morgan fingerprint density at radius 2 is 1.74 bits per heavy atom. The van der Waals surface area contributed by atoms with Crippen LogP contribution in [0.5, 0.6) is 0 Å². The Labute approximate surface area is 217 Å². The standard InChI is InChI=1S/C27H23F2N5O4/c1-27-14-22(35)34(23-20(28)12-18(13-21(23)29)9-8-17-6-4-3-5-7-17)26(37)33(27)11-10-32(24(27)36)19-15-30-25(38-2)31-16-19/h3-7,12-13,15-16,25,30H,10-11,14H2,1-2H3/t25?,27-/m0/s1. The number of hydrogen-bond acceptors (Lipinski definition) is 6. The van der Waals surface area contributed by atoms with Crippen molar-refractivity contribution in [1.82, 2.24) is 15.1 Å². The average Bonchev–Trinajstić information content (AvgIpc) is 2.90. The molecule has 194 valence electrons. The van der Waals surface area contributed by atoms with Crippen molar-refractivity contribution in [2.24, 2.45) is 4.99 Å². The first kappa shape index (κ1) is 25.1. The number of amides is 4. The Hall–Kier alpha value is -4.56. The lowest BCUT2D eigenvalue weighted by atomic mass is 9.88. The van der Waals surface area contributed by atoms with Gasteiger partial charge in [-0.2, -0.15) is 0 Å². The molecule has 11 heteroatoms. The van der Waals surface area contributed by atoms with E-state index in [1.54, 1.807) is 30.5 Å². The number of methoxy groups -OCH3 is 1. The molecule has 0 bridgehead atoms. The Morgan fingerprint density at radius 3 is 2.37 bits per heavy atom. The molecular weight excluding hydrogens is 496 g/mol. The van der Waals surface area contributed by atoms with Crippen molar-refractivity contribution in [3.63, 3.8) is 0 Å². The maximum atomic E-state index is 15.1. The van der Waals surface area contributed by atoms with E-state index in [1.807, 2.05) is 6.07 Å². The maximum Gasteiger partial charge on any atom is 0.332 e. The number of allylic oxidation sites excluding steroid dienone is 1. The summed E-state index contributed by atoms with van der Waals surface area (Å²) in [6.45, 7) is 1.60. The third-order valence-corrected chi connectivity index (χ3v) is 6.63. The van der Waals surface area contributed by atoms with Crippen molar-refractivity contribution in [3.05, 3.63) is 77.1 Å². The first-order valence-electron chi connectivity index (χ1n) is 11.8. The minimum absolute atomic E-state index is 0.0353. The van der Waals surface area contributed by atoms with Gasteiger partial charge in [0.25, 0.3) is 5.91 Å². The van der Waals surface area contributed by atoms with E-state index < -0.39 is 53.5 Å². The van der Waals surface area contributed by atoms with Gasteiger partial charge in [-0.1, -0.05) is 30.0 Å². The monoisotopic (exact) mass is 519 g/mol. The normalized spacial score (nSPS) is 22.9. The van der Waals surface area contributed by atoms with Gasteiger partial charge in [-0.15, -0.1) is 0 Å². The lowest BCUT2D eigenvalue weighted by Crippen LogP contribution is -2.72. The van der Waals surface area contributed by atoms with Crippen LogP contribution in [-0.4, -0.2) is 65.9 Å². The van der Waals surface area contributed by atoms with E-state index >= 15 is 8.78 Å². The third-order valence-electron chi connectivity index (χ3n) is 6.63. The van der Waals surface area contributed by atoms with Crippen molar-refractivity contribution in [2.75, 3.05) is 25.1 Å². The van der Waals surface area contributed by atoms with Crippen molar-refractivity contribution < 1.29 is 27.9 Å². The van der Waals surface area contributed by atoms with E-state index in [2.05, 4.69) is 22.2 Å². The number of fused-ring (bicyclic) bond motifs is 1. The SMILES string of the molecule is COC1N=CC(N2CCN3C(=O)N(c4c(F)cc(C#Cc5ccccc5)cc4F)C(=O)C[C@@]3(C)C2=O)=CN1. The second-order valence-electron chi connectivity index (χ2n) is 9.08. The van der Waals surface area contributed by atoms with Crippen LogP contribution >= 0.6 is 0 Å². The topological polar surface area (TPSA) is 94.6 Å². The van der Waals surface area contributed by atoms with E-state index in [1.165, 1.54) is 30.0 Å². The van der Waals surface area contributed by atoms with E-state index in [-0.39, 0.29) is 18.7 Å². The van der Waals surface area contributed by atoms with E-state index in [0.29, 0.717) is 16.2 Å². The first-order valence-corrected chi connectivity index (χ1v) is 11.8. The number of benzene rings is 2. The lowest BCUT2D eigenvalue weighted by Gasteiger charge is -2.51. The Kier molecular flexibility index (Phi) is 6.42. The van der Waals surface area contributed by atoms with Crippen LogP contribution in [0.2, 0.25) is 0 Å². The molecule has 3 aliphatic rings. The van der Waals surface area contributed by atoms with Crippen LogP contribution in [0.3, 0.4) is 0 Å². The number of imide groups is 1. The zero-order chi connectivity index (χ0) is 27.0. The van der Waals surface area contributed by atoms with Gasteiger partial charge in [-0.3, -0.25) is 9.59 Å². The van der Waals surface area contributed by atoms with Gasteiger partial charge < -0.3 is 19.9 Å². The lowest BCUT2D eigenvalue weighted by molar-refractivity contribution is -0.149. The molecule has 5 rings (SSSR count). The molecule has 2 saturated heterocycles. The summed E-state index contributed by atoms with van der Waals surface area (Å²) in [5.41, 5.74) is -1.18. The Bertz CT molecular complexity index is 1430. The fourth-order valence-electron chi connectivity index (χ4n) is 4.67. The van der Waals surface area contributed by atoms with E-state index in [0.717, 1.165) is 12.1 Å². The molecule has 0 radical (unpaired) electrons. The number of aliphatic imine (C=N–C) groups is 1. The third kappa shape index (κ3) is 4.29. The number of urea groups is 1. The van der Waals surface area contributed by atoms with Gasteiger partial charge in [-0.25, -0.2) is 23.5 Å². The van der Waals surface area contributed by atoms with Gasteiger partial charge in [0.05, 0.1) is 18.3 Å². The van der Waals surface area contributed by atoms with E-state index in [4.69, 9.17) is 4.74 Å². The average molecular weight is 520 g/mol. The number of nitrogens with zero attached hydrogens (tertiary/aromatic N) is 4. The molecule has 2 aromatic carbocycles. The molecule has 0 saturated carbocycles. The van der Waals surface area contributed by atoms with Crippen molar-refractivity contribution in [1.29, 1.82) is 0 Å². The van der Waals surface area contributed by atoms with Gasteiger partial charge in [-0.05, 0) is 31.2 Å². The van der Waals surface area contributed by atoms with E-state index in [9.17, 15) is 14.4 Å². The summed E-state index contributed by atoms with van der Waals surface area (Å²) in [5, 5.41) is 2.88. The Balaban J connectivity index is 1.41. The molecule has 0 aromatic heterocycles. The molecule has 9 nitrogen and oxygen atoms in total. The molecule has 1 N–H and O–H groups in total. The van der Waals surface area contributed by atoms with Crippen LogP contribution in [0.4, 0.5) is 19.3 Å². The number of piperazine rings is 1. The molecule has 0 spiro atoms. The summed E-state index contributed by atoms with van der Waals surface area (Å²) in [6.07, 6.45) is 1.98. The largest absolute Gasteiger partial charge is 0.346 e. The second-order valence-corrected chi connectivity index (χ2v) is 9.08. The van der Waals surface area contributed by atoms with Crippen LogP contribution in [0.1, 0.15) is 24.5 Å². The summed E-state index contributed by atoms with van der Waals surface area (Å²) in [6, 6.07) is 9.87. The number of anilines is 1. The number of ether oxygens (including phenoxy) is 1. The van der Waals surface area contributed by atoms with Crippen LogP contribution < -0.4 is 10.2 Å². The highest BCUT2D eigenvalue weighted by molar-refractivity contribution is 6.19. The van der Waals surface area contributed by atoms with Crippen LogP contribution in [-0.2, 0) is 14.3 Å². The minimum atomic E-state index is -1.54. The summed E-state index contributed by atoms with van der Waals surface area (Å²) in [4.78, 5) is 47.2. The molecule has 2 fully saturated rings. The summed E-state index contributed by atoms with van der Waals surface area (Å²) in [5.74, 6) is 1.87. The summed E-state index contributed by atoms with van der Waals surface area (Å²) < 4.78 is 35.4. The number of carbonyl (C=O) groups excluding carboxylic acids is 3. The van der Waals surface area contributed by atoms with Crippen LogP contribution in [0.25, 0.3) is 0 Å². The molecule has 3 aliphatic heterocycles. The predicted molar refractivity (Wildman–Crippen MR) is 134 cm³/mol. The molecule has 3 heterocycles. The highest BCUT2D eigenvalue weighted by Crippen LogP contribution is 2.37. The maximum absolute atomic E-state index is 15.1. The first-order chi connectivity index (χ1) is 18.2. The number of nitrogens with one attached hydrogen (secondary N) is 1. The molecule has 4 amide bonds. The number of halogens is 2. The Morgan fingerprint density at radius 1 is 1.05 bits per heavy atom. The smallest absolute Gasteiger partial charge is 0.332 e. The summed E-state index contributed by atoms with van der Waals surface area (Å²) >= 11 is 0. The van der Waals surface area contributed by atoms with Crippen LogP contribution in [0, 0.1) is 23.5 Å². The van der Waals surface area contributed by atoms with Gasteiger partial charge >= 0.3 is 6.03 Å².